The number of rotatable bonds is 2. The number of nitrogens with one attached hydrogen (secondary N) is 1. The molecule has 0 unspecified atom stereocenters. The van der Waals surface area contributed by atoms with E-state index in [1.807, 2.05) is 12.1 Å². The molecule has 1 aromatic heterocycles. The van der Waals surface area contributed by atoms with Crippen molar-refractivity contribution in [3.63, 3.8) is 0 Å². The monoisotopic (exact) mass is 297 g/mol. The summed E-state index contributed by atoms with van der Waals surface area (Å²) in [5.41, 5.74) is 8.07. The number of hydrogen-bond acceptors (Lipinski definition) is 3. The van der Waals surface area contributed by atoms with Crippen LogP contribution in [0.1, 0.15) is 10.4 Å². The highest BCUT2D eigenvalue weighted by atomic mass is 35.5. The van der Waals surface area contributed by atoms with Crippen LogP contribution in [0, 0.1) is 0 Å². The molecule has 0 aliphatic rings. The van der Waals surface area contributed by atoms with Crippen LogP contribution in [0.2, 0.25) is 5.02 Å². The molecule has 0 atom stereocenters. The van der Waals surface area contributed by atoms with Gasteiger partial charge in [-0.3, -0.25) is 9.78 Å². The van der Waals surface area contributed by atoms with E-state index in [1.165, 1.54) is 0 Å². The lowest BCUT2D eigenvalue weighted by Gasteiger charge is -2.08. The first kappa shape index (κ1) is 13.4. The van der Waals surface area contributed by atoms with E-state index in [-0.39, 0.29) is 5.91 Å². The molecule has 3 aromatic rings. The Bertz CT molecular complexity index is 827. The van der Waals surface area contributed by atoms with Gasteiger partial charge in [0.1, 0.15) is 0 Å². The normalized spacial score (nSPS) is 10.5. The number of aromatic nitrogens is 1. The molecule has 4 nitrogen and oxygen atoms in total. The molecule has 0 aliphatic heterocycles. The highest BCUT2D eigenvalue weighted by Crippen LogP contribution is 2.24. The number of nitrogens with zero attached hydrogens (tertiary/aromatic N) is 1. The lowest BCUT2D eigenvalue weighted by molar-refractivity contribution is 0.102. The van der Waals surface area contributed by atoms with Crippen LogP contribution in [-0.4, -0.2) is 10.9 Å². The van der Waals surface area contributed by atoms with E-state index in [0.717, 1.165) is 10.9 Å². The van der Waals surface area contributed by atoms with Gasteiger partial charge in [-0.25, -0.2) is 0 Å². The number of pyridine rings is 1. The predicted octanol–water partition coefficient (Wildman–Crippen LogP) is 3.72. The number of amides is 1. The van der Waals surface area contributed by atoms with E-state index in [2.05, 4.69) is 10.3 Å². The Hall–Kier alpha value is -2.59. The Kier molecular flexibility index (Phi) is 3.46. The van der Waals surface area contributed by atoms with E-state index < -0.39 is 0 Å². The van der Waals surface area contributed by atoms with Gasteiger partial charge in [0, 0.05) is 22.8 Å². The molecule has 0 bridgehead atoms. The van der Waals surface area contributed by atoms with Gasteiger partial charge < -0.3 is 11.1 Å². The molecule has 21 heavy (non-hydrogen) atoms. The Morgan fingerprint density at radius 1 is 1.14 bits per heavy atom. The molecule has 0 aliphatic carbocycles. The number of carbonyl (C=O) groups is 1. The number of carbonyl (C=O) groups excluding carboxylic acids is 1. The lowest BCUT2D eigenvalue weighted by Crippen LogP contribution is -2.12. The fourth-order valence-corrected chi connectivity index (χ4v) is 2.29. The Balaban J connectivity index is 1.95. The van der Waals surface area contributed by atoms with Crippen LogP contribution in [0.3, 0.4) is 0 Å². The van der Waals surface area contributed by atoms with Crippen molar-refractivity contribution in [1.82, 2.24) is 4.98 Å². The predicted molar refractivity (Wildman–Crippen MR) is 85.6 cm³/mol. The molecule has 0 radical (unpaired) electrons. The average Bonchev–Trinajstić information content (AvgIpc) is 2.50. The largest absolute Gasteiger partial charge is 0.398 e. The summed E-state index contributed by atoms with van der Waals surface area (Å²) in [7, 11) is 0. The van der Waals surface area contributed by atoms with Crippen molar-refractivity contribution in [1.29, 1.82) is 0 Å². The number of benzene rings is 2. The number of nitrogens with two attached hydrogens (primary N) is 1. The first-order chi connectivity index (χ1) is 10.1. The van der Waals surface area contributed by atoms with Gasteiger partial charge in [-0.15, -0.1) is 0 Å². The van der Waals surface area contributed by atoms with Gasteiger partial charge in [-0.05, 0) is 36.4 Å². The van der Waals surface area contributed by atoms with Crippen LogP contribution in [0.15, 0.2) is 54.7 Å². The first-order valence-electron chi connectivity index (χ1n) is 6.35. The molecule has 3 rings (SSSR count). The zero-order valence-corrected chi connectivity index (χ0v) is 11.8. The molecule has 0 spiro atoms. The topological polar surface area (TPSA) is 68.0 Å². The maximum absolute atomic E-state index is 12.4. The molecular formula is C16H12ClN3O. The van der Waals surface area contributed by atoms with Crippen LogP contribution in [0.25, 0.3) is 10.9 Å². The minimum absolute atomic E-state index is 0.213. The van der Waals surface area contributed by atoms with Gasteiger partial charge in [0.15, 0.2) is 0 Å². The standard InChI is InChI=1S/C16H12ClN3O/c17-13-9-10(6-7-14(13)18)20-16(21)12-3-1-5-15-11(12)4-2-8-19-15/h1-9H,18H2,(H,20,21). The third-order valence-corrected chi connectivity index (χ3v) is 3.48. The van der Waals surface area contributed by atoms with Crippen molar-refractivity contribution in [2.24, 2.45) is 0 Å². The SMILES string of the molecule is Nc1ccc(NC(=O)c2cccc3ncccc23)cc1Cl. The van der Waals surface area contributed by atoms with Gasteiger partial charge in [0.05, 0.1) is 16.2 Å². The van der Waals surface area contributed by atoms with Crippen molar-refractivity contribution < 1.29 is 4.79 Å². The number of nitrogen functional groups attached to an aromatic ring is 1. The van der Waals surface area contributed by atoms with Crippen LogP contribution in [-0.2, 0) is 0 Å². The van der Waals surface area contributed by atoms with Gasteiger partial charge in [0.2, 0.25) is 0 Å². The molecule has 5 heteroatoms. The molecule has 1 heterocycles. The molecule has 104 valence electrons. The summed E-state index contributed by atoms with van der Waals surface area (Å²) < 4.78 is 0. The van der Waals surface area contributed by atoms with Crippen LogP contribution in [0.4, 0.5) is 11.4 Å². The van der Waals surface area contributed by atoms with E-state index in [9.17, 15) is 4.79 Å². The summed E-state index contributed by atoms with van der Waals surface area (Å²) in [4.78, 5) is 16.7. The summed E-state index contributed by atoms with van der Waals surface area (Å²) >= 11 is 5.95. The van der Waals surface area contributed by atoms with Crippen LogP contribution >= 0.6 is 11.6 Å². The summed E-state index contributed by atoms with van der Waals surface area (Å²) in [6.07, 6.45) is 1.70. The summed E-state index contributed by atoms with van der Waals surface area (Å²) in [6, 6.07) is 14.1. The van der Waals surface area contributed by atoms with Gasteiger partial charge >= 0.3 is 0 Å². The second-order valence-electron chi connectivity index (χ2n) is 4.57. The van der Waals surface area contributed by atoms with Crippen molar-refractivity contribution in [2.75, 3.05) is 11.1 Å². The van der Waals surface area contributed by atoms with E-state index in [4.69, 9.17) is 17.3 Å². The highest BCUT2D eigenvalue weighted by molar-refractivity contribution is 6.33. The molecule has 3 N–H and O–H groups in total. The van der Waals surface area contributed by atoms with E-state index >= 15 is 0 Å². The van der Waals surface area contributed by atoms with Crippen LogP contribution < -0.4 is 11.1 Å². The summed E-state index contributed by atoms with van der Waals surface area (Å²) in [5, 5.41) is 4.03. The number of hydrogen-bond donors (Lipinski definition) is 2. The van der Waals surface area contributed by atoms with Crippen molar-refractivity contribution in [3.05, 3.63) is 65.3 Å². The summed E-state index contributed by atoms with van der Waals surface area (Å²) in [5.74, 6) is -0.213. The van der Waals surface area contributed by atoms with E-state index in [1.54, 1.807) is 42.6 Å². The van der Waals surface area contributed by atoms with E-state index in [0.29, 0.717) is 22.0 Å². The molecule has 0 fully saturated rings. The second-order valence-corrected chi connectivity index (χ2v) is 4.97. The zero-order chi connectivity index (χ0) is 14.8. The van der Waals surface area contributed by atoms with Crippen molar-refractivity contribution in [3.8, 4) is 0 Å². The fraction of sp³-hybridized carbons (Fsp3) is 0. The number of fused-ring (bicyclic) bond motifs is 1. The maximum Gasteiger partial charge on any atom is 0.256 e. The maximum atomic E-state index is 12.4. The Labute approximate surface area is 126 Å². The molecule has 0 saturated heterocycles. The third-order valence-electron chi connectivity index (χ3n) is 3.15. The first-order valence-corrected chi connectivity index (χ1v) is 6.73. The quantitative estimate of drug-likeness (QED) is 0.708. The smallest absolute Gasteiger partial charge is 0.256 e. The zero-order valence-electron chi connectivity index (χ0n) is 11.0. The minimum atomic E-state index is -0.213. The minimum Gasteiger partial charge on any atom is -0.398 e. The molecule has 0 saturated carbocycles. The Morgan fingerprint density at radius 3 is 2.81 bits per heavy atom. The van der Waals surface area contributed by atoms with Crippen molar-refractivity contribution >= 4 is 39.8 Å². The van der Waals surface area contributed by atoms with Crippen LogP contribution in [0.5, 0.6) is 0 Å². The molecule has 1 amide bonds. The van der Waals surface area contributed by atoms with Gasteiger partial charge in [-0.1, -0.05) is 23.7 Å². The summed E-state index contributed by atoms with van der Waals surface area (Å²) in [6.45, 7) is 0. The second kappa shape index (κ2) is 5.42. The molecular weight excluding hydrogens is 286 g/mol. The number of halogens is 1. The third kappa shape index (κ3) is 2.66. The fourth-order valence-electron chi connectivity index (χ4n) is 2.10. The lowest BCUT2D eigenvalue weighted by atomic mass is 10.1. The van der Waals surface area contributed by atoms with Gasteiger partial charge in [-0.2, -0.15) is 0 Å². The van der Waals surface area contributed by atoms with Crippen molar-refractivity contribution in [2.45, 2.75) is 0 Å². The Morgan fingerprint density at radius 2 is 2.00 bits per heavy atom. The number of anilines is 2. The van der Waals surface area contributed by atoms with Gasteiger partial charge in [0.25, 0.3) is 5.91 Å². The molecule has 2 aromatic carbocycles. The average molecular weight is 298 g/mol. The highest BCUT2D eigenvalue weighted by Gasteiger charge is 2.11.